The molecule has 0 spiro atoms. The zero-order valence-corrected chi connectivity index (χ0v) is 12.6. The number of hydrogen-bond acceptors (Lipinski definition) is 4. The number of halogens is 1. The smallest absolute Gasteiger partial charge is 0.238 e. The van der Waals surface area contributed by atoms with E-state index in [4.69, 9.17) is 10.8 Å². The Labute approximate surface area is 124 Å². The molecule has 0 bridgehead atoms. The minimum Gasteiger partial charge on any atom is -0.396 e. The first-order valence-corrected chi connectivity index (χ1v) is 7.21. The molecule has 0 radical (unpaired) electrons. The number of nitrogens with one attached hydrogen (secondary N) is 1. The summed E-state index contributed by atoms with van der Waals surface area (Å²) >= 11 is 0. The number of carbonyl (C=O) groups is 1. The lowest BCUT2D eigenvalue weighted by Gasteiger charge is -2.29. The Morgan fingerprint density at radius 2 is 2.10 bits per heavy atom. The molecule has 0 fully saturated rings. The maximum atomic E-state index is 13.1. The summed E-state index contributed by atoms with van der Waals surface area (Å²) in [6.45, 7) is 4.75. The normalized spacial score (nSPS) is 11.1. The molecule has 4 N–H and O–H groups in total. The van der Waals surface area contributed by atoms with Crippen molar-refractivity contribution in [1.82, 2.24) is 4.90 Å². The van der Waals surface area contributed by atoms with E-state index < -0.39 is 5.82 Å². The Bertz CT molecular complexity index is 464. The van der Waals surface area contributed by atoms with Crippen molar-refractivity contribution in [2.24, 2.45) is 0 Å². The number of aliphatic hydroxyl groups excluding tert-OH is 1. The minimum absolute atomic E-state index is 0.00000669. The lowest BCUT2D eigenvalue weighted by Crippen LogP contribution is -2.42. The number of aliphatic hydroxyl groups is 1. The van der Waals surface area contributed by atoms with E-state index in [9.17, 15) is 9.18 Å². The molecular formula is C15H24FN3O2. The number of anilines is 2. The van der Waals surface area contributed by atoms with Gasteiger partial charge in [-0.25, -0.2) is 4.39 Å². The van der Waals surface area contributed by atoms with Gasteiger partial charge in [-0.2, -0.15) is 0 Å². The number of nitrogens with zero attached hydrogens (tertiary/aromatic N) is 1. The highest BCUT2D eigenvalue weighted by atomic mass is 19.1. The number of nitrogens with two attached hydrogens (primary N) is 1. The third-order valence-corrected chi connectivity index (χ3v) is 3.47. The molecule has 1 aromatic rings. The van der Waals surface area contributed by atoms with Crippen molar-refractivity contribution < 1.29 is 14.3 Å². The molecule has 21 heavy (non-hydrogen) atoms. The quantitative estimate of drug-likeness (QED) is 0.640. The van der Waals surface area contributed by atoms with Crippen LogP contribution in [0.2, 0.25) is 0 Å². The molecule has 1 rings (SSSR count). The van der Waals surface area contributed by atoms with Crippen LogP contribution in [-0.4, -0.2) is 41.7 Å². The maximum absolute atomic E-state index is 13.1. The molecule has 1 amide bonds. The first-order valence-electron chi connectivity index (χ1n) is 7.21. The largest absolute Gasteiger partial charge is 0.396 e. The first kappa shape index (κ1) is 17.4. The molecule has 5 nitrogen and oxygen atoms in total. The molecule has 0 unspecified atom stereocenters. The molecular weight excluding hydrogens is 273 g/mol. The van der Waals surface area contributed by atoms with Gasteiger partial charge in [-0.05, 0) is 31.0 Å². The molecule has 0 aliphatic rings. The van der Waals surface area contributed by atoms with E-state index in [0.29, 0.717) is 12.2 Å². The molecule has 0 aliphatic heterocycles. The summed E-state index contributed by atoms with van der Waals surface area (Å²) < 4.78 is 13.1. The lowest BCUT2D eigenvalue weighted by molar-refractivity contribution is -0.118. The van der Waals surface area contributed by atoms with Crippen molar-refractivity contribution in [3.8, 4) is 0 Å². The van der Waals surface area contributed by atoms with Crippen LogP contribution in [0.25, 0.3) is 0 Å². The van der Waals surface area contributed by atoms with Crippen molar-refractivity contribution in [3.63, 3.8) is 0 Å². The highest BCUT2D eigenvalue weighted by Gasteiger charge is 2.18. The lowest BCUT2D eigenvalue weighted by atomic mass is 10.1. The van der Waals surface area contributed by atoms with E-state index in [1.165, 1.54) is 18.2 Å². The first-order chi connectivity index (χ1) is 10.0. The summed E-state index contributed by atoms with van der Waals surface area (Å²) in [5, 5.41) is 11.8. The summed E-state index contributed by atoms with van der Waals surface area (Å²) in [5.74, 6) is -0.715. The average molecular weight is 297 g/mol. The molecule has 0 atom stereocenters. The van der Waals surface area contributed by atoms with Gasteiger partial charge < -0.3 is 16.2 Å². The van der Waals surface area contributed by atoms with Crippen LogP contribution in [0.3, 0.4) is 0 Å². The third kappa shape index (κ3) is 5.32. The van der Waals surface area contributed by atoms with E-state index in [1.54, 1.807) is 0 Å². The van der Waals surface area contributed by atoms with E-state index in [0.717, 1.165) is 12.8 Å². The van der Waals surface area contributed by atoms with Crippen LogP contribution in [0.1, 0.15) is 26.7 Å². The van der Waals surface area contributed by atoms with E-state index in [2.05, 4.69) is 19.2 Å². The van der Waals surface area contributed by atoms with Gasteiger partial charge in [-0.1, -0.05) is 13.8 Å². The van der Waals surface area contributed by atoms with Gasteiger partial charge in [0.25, 0.3) is 0 Å². The maximum Gasteiger partial charge on any atom is 0.238 e. The fourth-order valence-corrected chi connectivity index (χ4v) is 2.33. The number of carbonyl (C=O) groups excluding carboxylic acids is 1. The van der Waals surface area contributed by atoms with Gasteiger partial charge in [0.2, 0.25) is 5.91 Å². The van der Waals surface area contributed by atoms with Gasteiger partial charge in [0.1, 0.15) is 5.82 Å². The molecule has 118 valence electrons. The summed E-state index contributed by atoms with van der Waals surface area (Å²) in [4.78, 5) is 14.0. The summed E-state index contributed by atoms with van der Waals surface area (Å²) in [5.41, 5.74) is 5.93. The number of amides is 1. The van der Waals surface area contributed by atoms with Gasteiger partial charge in [-0.15, -0.1) is 0 Å². The van der Waals surface area contributed by atoms with Gasteiger partial charge >= 0.3 is 0 Å². The highest BCUT2D eigenvalue weighted by Crippen LogP contribution is 2.16. The van der Waals surface area contributed by atoms with Gasteiger partial charge in [0.15, 0.2) is 0 Å². The van der Waals surface area contributed by atoms with Gasteiger partial charge in [0, 0.05) is 18.3 Å². The molecule has 0 saturated carbocycles. The second-order valence-corrected chi connectivity index (χ2v) is 4.95. The summed E-state index contributed by atoms with van der Waals surface area (Å²) in [6, 6.07) is 4.33. The molecule has 0 heterocycles. The summed E-state index contributed by atoms with van der Waals surface area (Å²) in [6.07, 6.45) is 1.82. The van der Waals surface area contributed by atoms with Crippen LogP contribution in [0, 0.1) is 5.82 Å². The molecule has 0 aromatic heterocycles. The average Bonchev–Trinajstić information content (AvgIpc) is 2.44. The molecule has 1 aromatic carbocycles. The van der Waals surface area contributed by atoms with Crippen LogP contribution in [0.4, 0.5) is 15.8 Å². The van der Waals surface area contributed by atoms with Crippen molar-refractivity contribution in [1.29, 1.82) is 0 Å². The van der Waals surface area contributed by atoms with Crippen LogP contribution in [0.15, 0.2) is 18.2 Å². The Balaban J connectivity index is 2.66. The standard InChI is InChI=1S/C15H24FN3O2/c1-3-12(4-2)19(7-8-20)10-15(21)18-11-5-6-13(16)14(17)9-11/h5-6,9,12,20H,3-4,7-8,10,17H2,1-2H3,(H,18,21). The zero-order valence-electron chi connectivity index (χ0n) is 12.6. The monoisotopic (exact) mass is 297 g/mol. The van der Waals surface area contributed by atoms with Crippen molar-refractivity contribution >= 4 is 17.3 Å². The van der Waals surface area contributed by atoms with E-state index in [1.807, 2.05) is 4.90 Å². The predicted molar refractivity (Wildman–Crippen MR) is 82.5 cm³/mol. The van der Waals surface area contributed by atoms with Gasteiger partial charge in [0.05, 0.1) is 18.8 Å². The molecule has 0 aliphatic carbocycles. The second-order valence-electron chi connectivity index (χ2n) is 4.95. The van der Waals surface area contributed by atoms with Crippen molar-refractivity contribution in [3.05, 3.63) is 24.0 Å². The number of hydrogen-bond donors (Lipinski definition) is 3. The summed E-state index contributed by atoms with van der Waals surface area (Å²) in [7, 11) is 0. The fourth-order valence-electron chi connectivity index (χ4n) is 2.33. The van der Waals surface area contributed by atoms with Crippen LogP contribution < -0.4 is 11.1 Å². The van der Waals surface area contributed by atoms with Crippen LogP contribution >= 0.6 is 0 Å². The Hall–Kier alpha value is -1.66. The second kappa shape index (κ2) is 8.59. The number of benzene rings is 1. The Morgan fingerprint density at radius 3 is 2.62 bits per heavy atom. The predicted octanol–water partition coefficient (Wildman–Crippen LogP) is 1.83. The van der Waals surface area contributed by atoms with Gasteiger partial charge in [-0.3, -0.25) is 9.69 Å². The highest BCUT2D eigenvalue weighted by molar-refractivity contribution is 5.92. The van der Waals surface area contributed by atoms with Crippen LogP contribution in [-0.2, 0) is 4.79 Å². The molecule has 6 heteroatoms. The van der Waals surface area contributed by atoms with Crippen LogP contribution in [0.5, 0.6) is 0 Å². The third-order valence-electron chi connectivity index (χ3n) is 3.47. The Kier molecular flexibility index (Phi) is 7.11. The topological polar surface area (TPSA) is 78.6 Å². The fraction of sp³-hybridized carbons (Fsp3) is 0.533. The molecule has 0 saturated heterocycles. The zero-order chi connectivity index (χ0) is 15.8. The SMILES string of the molecule is CCC(CC)N(CCO)CC(=O)Nc1ccc(F)c(N)c1. The van der Waals surface area contributed by atoms with E-state index in [-0.39, 0.29) is 30.8 Å². The van der Waals surface area contributed by atoms with Crippen molar-refractivity contribution in [2.45, 2.75) is 32.7 Å². The van der Waals surface area contributed by atoms with Crippen molar-refractivity contribution in [2.75, 3.05) is 30.7 Å². The number of nitrogen functional groups attached to an aromatic ring is 1. The number of rotatable bonds is 8. The van der Waals surface area contributed by atoms with E-state index >= 15 is 0 Å². The Morgan fingerprint density at radius 1 is 1.43 bits per heavy atom. The minimum atomic E-state index is -0.507.